The van der Waals surface area contributed by atoms with Crippen molar-refractivity contribution in [2.24, 2.45) is 17.3 Å². The predicted molar refractivity (Wildman–Crippen MR) is 90.7 cm³/mol. The molecule has 4 atom stereocenters. The maximum Gasteiger partial charge on any atom is 0.219 e. The van der Waals surface area contributed by atoms with Gasteiger partial charge in [0.2, 0.25) is 5.88 Å². The lowest BCUT2D eigenvalue weighted by atomic mass is 10.1. The second kappa shape index (κ2) is 6.14. The Morgan fingerprint density at radius 1 is 1.24 bits per heavy atom. The van der Waals surface area contributed by atoms with E-state index >= 15 is 0 Å². The minimum Gasteiger partial charge on any atom is -0.439 e. The van der Waals surface area contributed by atoms with Crippen molar-refractivity contribution < 1.29 is 14.2 Å². The van der Waals surface area contributed by atoms with Crippen LogP contribution in [0.2, 0.25) is 0 Å². The summed E-state index contributed by atoms with van der Waals surface area (Å²) in [5.74, 6) is 2.11. The summed E-state index contributed by atoms with van der Waals surface area (Å²) >= 11 is 0. The lowest BCUT2D eigenvalue weighted by molar-refractivity contribution is -0.158. The van der Waals surface area contributed by atoms with E-state index < -0.39 is 6.10 Å². The molecule has 2 fully saturated rings. The van der Waals surface area contributed by atoms with Gasteiger partial charge in [-0.25, -0.2) is 4.98 Å². The Morgan fingerprint density at radius 3 is 2.64 bits per heavy atom. The molecule has 2 heterocycles. The summed E-state index contributed by atoms with van der Waals surface area (Å²) in [4.78, 5) is 4.28. The molecule has 2 aliphatic rings. The Bertz CT molecular complexity index is 783. The molecule has 25 heavy (non-hydrogen) atoms. The van der Waals surface area contributed by atoms with Crippen LogP contribution in [0.3, 0.4) is 0 Å². The minimum atomic E-state index is -0.696. The summed E-state index contributed by atoms with van der Waals surface area (Å²) < 4.78 is 17.3. The number of ether oxygens (including phenoxy) is 3. The predicted octanol–water partition coefficient (Wildman–Crippen LogP) is 4.08. The third-order valence-corrected chi connectivity index (χ3v) is 5.29. The van der Waals surface area contributed by atoms with E-state index in [9.17, 15) is 5.26 Å². The van der Waals surface area contributed by atoms with Crippen molar-refractivity contribution in [1.29, 1.82) is 5.26 Å². The van der Waals surface area contributed by atoms with Gasteiger partial charge in [-0.2, -0.15) is 5.26 Å². The van der Waals surface area contributed by atoms with Gasteiger partial charge in [0.25, 0.3) is 0 Å². The minimum absolute atomic E-state index is 0.245. The van der Waals surface area contributed by atoms with Crippen LogP contribution in [0.1, 0.15) is 25.5 Å². The van der Waals surface area contributed by atoms with E-state index in [0.717, 1.165) is 5.75 Å². The van der Waals surface area contributed by atoms with E-state index in [2.05, 4.69) is 24.9 Å². The van der Waals surface area contributed by atoms with Gasteiger partial charge in [0.05, 0.1) is 12.7 Å². The van der Waals surface area contributed by atoms with E-state index in [1.807, 2.05) is 36.4 Å². The van der Waals surface area contributed by atoms with Gasteiger partial charge in [-0.15, -0.1) is 0 Å². The molecule has 0 spiro atoms. The second-order valence-electron chi connectivity index (χ2n) is 7.15. The number of fused-ring (bicyclic) bond motifs is 1. The zero-order chi connectivity index (χ0) is 17.4. The Labute approximate surface area is 147 Å². The largest absolute Gasteiger partial charge is 0.439 e. The van der Waals surface area contributed by atoms with Crippen molar-refractivity contribution in [1.82, 2.24) is 4.98 Å². The van der Waals surface area contributed by atoms with Gasteiger partial charge >= 0.3 is 0 Å². The smallest absolute Gasteiger partial charge is 0.219 e. The molecule has 0 unspecified atom stereocenters. The molecule has 5 nitrogen and oxygen atoms in total. The molecule has 5 heteroatoms. The molecule has 0 N–H and O–H groups in total. The van der Waals surface area contributed by atoms with Gasteiger partial charge in [0.15, 0.2) is 12.4 Å². The SMILES string of the molecule is CC1(C)[C@@H]2[C@@H](O[C@H](C#N)c3ccc(Oc4ccccc4)nc3)OC[C@@H]21. The highest BCUT2D eigenvalue weighted by Crippen LogP contribution is 2.64. The molecular weight excluding hydrogens is 316 g/mol. The van der Waals surface area contributed by atoms with E-state index in [4.69, 9.17) is 14.2 Å². The van der Waals surface area contributed by atoms with Crippen LogP contribution in [0.25, 0.3) is 0 Å². The number of para-hydroxylation sites is 1. The van der Waals surface area contributed by atoms with Gasteiger partial charge in [0.1, 0.15) is 5.75 Å². The first-order valence-corrected chi connectivity index (χ1v) is 8.45. The fourth-order valence-electron chi connectivity index (χ4n) is 3.61. The third kappa shape index (κ3) is 2.99. The third-order valence-electron chi connectivity index (χ3n) is 5.29. The molecule has 0 amide bonds. The van der Waals surface area contributed by atoms with Crippen LogP contribution in [0.5, 0.6) is 11.6 Å². The number of nitriles is 1. The Balaban J connectivity index is 1.42. The Hall–Kier alpha value is -2.42. The van der Waals surface area contributed by atoms with Crippen LogP contribution >= 0.6 is 0 Å². The quantitative estimate of drug-likeness (QED) is 0.823. The van der Waals surface area contributed by atoms with E-state index in [-0.39, 0.29) is 11.7 Å². The van der Waals surface area contributed by atoms with E-state index in [1.165, 1.54) is 0 Å². The molecule has 1 saturated heterocycles. The lowest BCUT2D eigenvalue weighted by Gasteiger charge is -2.21. The number of hydrogen-bond donors (Lipinski definition) is 0. The molecule has 1 aromatic heterocycles. The average Bonchev–Trinajstić information content (AvgIpc) is 2.95. The van der Waals surface area contributed by atoms with Gasteiger partial charge in [0, 0.05) is 23.7 Å². The number of nitrogens with zero attached hydrogens (tertiary/aromatic N) is 2. The lowest BCUT2D eigenvalue weighted by Crippen LogP contribution is -2.22. The van der Waals surface area contributed by atoms with Crippen LogP contribution in [0.15, 0.2) is 48.7 Å². The van der Waals surface area contributed by atoms with Crippen LogP contribution in [-0.4, -0.2) is 17.9 Å². The molecule has 0 bridgehead atoms. The van der Waals surface area contributed by atoms with Crippen molar-refractivity contribution >= 4 is 0 Å². The summed E-state index contributed by atoms with van der Waals surface area (Å²) in [7, 11) is 0. The molecule has 1 saturated carbocycles. The first-order chi connectivity index (χ1) is 12.1. The van der Waals surface area contributed by atoms with Gasteiger partial charge in [-0.05, 0) is 29.5 Å². The molecule has 128 valence electrons. The normalized spacial score (nSPS) is 27.2. The maximum absolute atomic E-state index is 9.48. The van der Waals surface area contributed by atoms with Crippen molar-refractivity contribution in [3.63, 3.8) is 0 Å². The van der Waals surface area contributed by atoms with Crippen LogP contribution < -0.4 is 4.74 Å². The molecule has 1 aromatic carbocycles. The summed E-state index contributed by atoms with van der Waals surface area (Å²) in [6, 6.07) is 15.2. The summed E-state index contributed by atoms with van der Waals surface area (Å²) in [5, 5.41) is 9.48. The van der Waals surface area contributed by atoms with Crippen LogP contribution in [-0.2, 0) is 9.47 Å². The van der Waals surface area contributed by atoms with E-state index in [0.29, 0.717) is 29.9 Å². The van der Waals surface area contributed by atoms with E-state index in [1.54, 1.807) is 12.3 Å². The zero-order valence-corrected chi connectivity index (χ0v) is 14.3. The first kappa shape index (κ1) is 16.1. The molecule has 0 radical (unpaired) electrons. The summed E-state index contributed by atoms with van der Waals surface area (Å²) in [6.45, 7) is 5.16. The Kier molecular flexibility index (Phi) is 3.95. The van der Waals surface area contributed by atoms with Crippen LogP contribution in [0.4, 0.5) is 0 Å². The summed E-state index contributed by atoms with van der Waals surface area (Å²) in [6.07, 6.45) is 0.611. The average molecular weight is 336 g/mol. The van der Waals surface area contributed by atoms with Crippen molar-refractivity contribution in [2.45, 2.75) is 26.2 Å². The number of pyridine rings is 1. The highest BCUT2D eigenvalue weighted by Gasteiger charge is 2.66. The van der Waals surface area contributed by atoms with Crippen molar-refractivity contribution in [2.75, 3.05) is 6.61 Å². The number of rotatable bonds is 5. The summed E-state index contributed by atoms with van der Waals surface area (Å²) in [5.41, 5.74) is 0.947. The number of aromatic nitrogens is 1. The zero-order valence-electron chi connectivity index (χ0n) is 14.3. The number of benzene rings is 1. The second-order valence-corrected chi connectivity index (χ2v) is 7.15. The maximum atomic E-state index is 9.48. The fraction of sp³-hybridized carbons (Fsp3) is 0.400. The van der Waals surface area contributed by atoms with Gasteiger partial charge in [-0.3, -0.25) is 0 Å². The highest BCUT2D eigenvalue weighted by atomic mass is 16.7. The van der Waals surface area contributed by atoms with Crippen molar-refractivity contribution in [3.05, 3.63) is 54.2 Å². The molecule has 1 aliphatic carbocycles. The highest BCUT2D eigenvalue weighted by molar-refractivity contribution is 5.29. The van der Waals surface area contributed by atoms with Gasteiger partial charge < -0.3 is 14.2 Å². The number of hydrogen-bond acceptors (Lipinski definition) is 5. The molecular formula is C20H20N2O3. The molecule has 4 rings (SSSR count). The fourth-order valence-corrected chi connectivity index (χ4v) is 3.61. The standard InChI is InChI=1S/C20H20N2O3/c1-20(2)15-12-23-19(18(15)20)25-16(10-21)13-8-9-17(22-11-13)24-14-6-4-3-5-7-14/h3-9,11,15-16,18-19H,12H2,1-2H3/t15-,16+,18-,19+/m0/s1. The topological polar surface area (TPSA) is 64.4 Å². The van der Waals surface area contributed by atoms with Crippen LogP contribution in [0, 0.1) is 28.6 Å². The Morgan fingerprint density at radius 2 is 2.04 bits per heavy atom. The molecule has 1 aliphatic heterocycles. The van der Waals surface area contributed by atoms with Gasteiger partial charge in [-0.1, -0.05) is 32.0 Å². The van der Waals surface area contributed by atoms with Crippen molar-refractivity contribution in [3.8, 4) is 17.7 Å². The first-order valence-electron chi connectivity index (χ1n) is 8.45. The molecule has 2 aromatic rings. The monoisotopic (exact) mass is 336 g/mol.